The van der Waals surface area contributed by atoms with E-state index in [9.17, 15) is 4.79 Å². The molecule has 0 bridgehead atoms. The molecule has 0 aromatic carbocycles. The molecule has 18 heavy (non-hydrogen) atoms. The van der Waals surface area contributed by atoms with Gasteiger partial charge in [0.2, 0.25) is 0 Å². The number of imidazole rings is 1. The van der Waals surface area contributed by atoms with E-state index in [1.165, 1.54) is 7.11 Å². The van der Waals surface area contributed by atoms with Crippen molar-refractivity contribution in [1.82, 2.24) is 9.38 Å². The molecular formula is C13H17N3O2. The summed E-state index contributed by atoms with van der Waals surface area (Å²) in [6, 6.07) is 5.77. The van der Waals surface area contributed by atoms with Crippen LogP contribution in [-0.4, -0.2) is 29.0 Å². The van der Waals surface area contributed by atoms with Crippen molar-refractivity contribution < 1.29 is 9.53 Å². The minimum atomic E-state index is -0.405. The van der Waals surface area contributed by atoms with Crippen LogP contribution < -0.4 is 5.73 Å². The lowest BCUT2D eigenvalue weighted by molar-refractivity contribution is 0.0597. The molecule has 96 valence electrons. The Morgan fingerprint density at radius 1 is 1.50 bits per heavy atom. The quantitative estimate of drug-likeness (QED) is 0.827. The van der Waals surface area contributed by atoms with Crippen molar-refractivity contribution >= 4 is 11.5 Å². The molecule has 0 aliphatic carbocycles. The van der Waals surface area contributed by atoms with E-state index in [2.05, 4.69) is 4.98 Å². The van der Waals surface area contributed by atoms with E-state index in [4.69, 9.17) is 10.5 Å². The van der Waals surface area contributed by atoms with Gasteiger partial charge < -0.3 is 14.9 Å². The van der Waals surface area contributed by atoms with Crippen LogP contribution in [0.4, 0.5) is 0 Å². The largest absolute Gasteiger partial charge is 0.464 e. The van der Waals surface area contributed by atoms with Gasteiger partial charge in [-0.3, -0.25) is 0 Å². The zero-order valence-electron chi connectivity index (χ0n) is 10.6. The van der Waals surface area contributed by atoms with Crippen LogP contribution in [0.1, 0.15) is 28.4 Å². The van der Waals surface area contributed by atoms with Gasteiger partial charge in [0.25, 0.3) is 0 Å². The van der Waals surface area contributed by atoms with Gasteiger partial charge in [-0.25, -0.2) is 9.78 Å². The normalized spacial score (nSPS) is 10.8. The van der Waals surface area contributed by atoms with Crippen LogP contribution in [0.15, 0.2) is 18.2 Å². The van der Waals surface area contributed by atoms with E-state index in [-0.39, 0.29) is 0 Å². The van der Waals surface area contributed by atoms with Crippen LogP contribution in [-0.2, 0) is 11.2 Å². The predicted molar refractivity (Wildman–Crippen MR) is 68.6 cm³/mol. The van der Waals surface area contributed by atoms with Gasteiger partial charge in [0, 0.05) is 12.1 Å². The van der Waals surface area contributed by atoms with E-state index < -0.39 is 5.97 Å². The fraction of sp³-hybridized carbons (Fsp3) is 0.385. The number of methoxy groups -OCH3 is 1. The molecule has 5 nitrogen and oxygen atoms in total. The van der Waals surface area contributed by atoms with E-state index in [1.807, 2.05) is 29.5 Å². The number of nitrogens with two attached hydrogens (primary N) is 1. The van der Waals surface area contributed by atoms with Crippen molar-refractivity contribution in [3.8, 4) is 0 Å². The van der Waals surface area contributed by atoms with Gasteiger partial charge in [0.1, 0.15) is 5.82 Å². The first-order valence-corrected chi connectivity index (χ1v) is 5.94. The Morgan fingerprint density at radius 2 is 2.28 bits per heavy atom. The standard InChI is InChI=1S/C13H17N3O2/c1-9-5-3-6-10-12(13(17)18-2)15-11(16(9)10)7-4-8-14/h3,5-6H,4,7-8,14H2,1-2H3. The molecule has 2 N–H and O–H groups in total. The number of hydrogen-bond acceptors (Lipinski definition) is 4. The summed E-state index contributed by atoms with van der Waals surface area (Å²) >= 11 is 0. The number of hydrogen-bond donors (Lipinski definition) is 1. The molecule has 0 saturated heterocycles. The summed E-state index contributed by atoms with van der Waals surface area (Å²) < 4.78 is 6.75. The molecule has 0 spiro atoms. The van der Waals surface area contributed by atoms with Gasteiger partial charge in [-0.15, -0.1) is 0 Å². The van der Waals surface area contributed by atoms with Gasteiger partial charge in [-0.2, -0.15) is 0 Å². The molecular weight excluding hydrogens is 230 g/mol. The third-order valence-electron chi connectivity index (χ3n) is 2.91. The predicted octanol–water partition coefficient (Wildman–Crippen LogP) is 1.32. The number of ether oxygens (including phenoxy) is 1. The highest BCUT2D eigenvalue weighted by atomic mass is 16.5. The van der Waals surface area contributed by atoms with Crippen LogP contribution in [0.25, 0.3) is 5.52 Å². The summed E-state index contributed by atoms with van der Waals surface area (Å²) in [4.78, 5) is 16.1. The molecule has 5 heteroatoms. The molecule has 0 saturated carbocycles. The summed E-state index contributed by atoms with van der Waals surface area (Å²) in [5.41, 5.74) is 7.72. The fourth-order valence-corrected chi connectivity index (χ4v) is 2.06. The molecule has 0 atom stereocenters. The van der Waals surface area contributed by atoms with Gasteiger partial charge in [-0.05, 0) is 32.0 Å². The average Bonchev–Trinajstić information content (AvgIpc) is 2.75. The van der Waals surface area contributed by atoms with Crippen LogP contribution >= 0.6 is 0 Å². The Morgan fingerprint density at radius 3 is 2.94 bits per heavy atom. The number of nitrogens with zero attached hydrogens (tertiary/aromatic N) is 2. The van der Waals surface area contributed by atoms with Crippen molar-refractivity contribution in [3.05, 3.63) is 35.4 Å². The second-order valence-electron chi connectivity index (χ2n) is 4.15. The van der Waals surface area contributed by atoms with Gasteiger partial charge in [0.05, 0.1) is 12.6 Å². The maximum Gasteiger partial charge on any atom is 0.358 e. The minimum Gasteiger partial charge on any atom is -0.464 e. The maximum atomic E-state index is 11.7. The molecule has 0 aliphatic rings. The van der Waals surface area contributed by atoms with Crippen LogP contribution in [0.5, 0.6) is 0 Å². The van der Waals surface area contributed by atoms with E-state index >= 15 is 0 Å². The van der Waals surface area contributed by atoms with E-state index in [0.29, 0.717) is 12.2 Å². The number of aryl methyl sites for hydroxylation is 2. The molecule has 2 heterocycles. The van der Waals surface area contributed by atoms with Crippen molar-refractivity contribution in [2.24, 2.45) is 5.73 Å². The van der Waals surface area contributed by atoms with E-state index in [1.54, 1.807) is 0 Å². The Kier molecular flexibility index (Phi) is 3.62. The summed E-state index contributed by atoms with van der Waals surface area (Å²) in [5, 5.41) is 0. The average molecular weight is 247 g/mol. The topological polar surface area (TPSA) is 69.6 Å². The monoisotopic (exact) mass is 247 g/mol. The molecule has 0 aliphatic heterocycles. The SMILES string of the molecule is COC(=O)c1nc(CCCN)n2c(C)cccc12. The summed E-state index contributed by atoms with van der Waals surface area (Å²) in [6.07, 6.45) is 1.59. The van der Waals surface area contributed by atoms with Crippen molar-refractivity contribution in [2.45, 2.75) is 19.8 Å². The fourth-order valence-electron chi connectivity index (χ4n) is 2.06. The number of pyridine rings is 1. The summed E-state index contributed by atoms with van der Waals surface area (Å²) in [6.45, 7) is 2.59. The lowest BCUT2D eigenvalue weighted by atomic mass is 10.2. The van der Waals surface area contributed by atoms with Crippen LogP contribution in [0.2, 0.25) is 0 Å². The maximum absolute atomic E-state index is 11.7. The second kappa shape index (κ2) is 5.18. The number of esters is 1. The number of aromatic nitrogens is 2. The molecule has 2 aromatic heterocycles. The molecule has 2 aromatic rings. The third-order valence-corrected chi connectivity index (χ3v) is 2.91. The van der Waals surface area contributed by atoms with Crippen LogP contribution in [0.3, 0.4) is 0 Å². The molecule has 0 unspecified atom stereocenters. The highest BCUT2D eigenvalue weighted by Crippen LogP contribution is 2.17. The summed E-state index contributed by atoms with van der Waals surface area (Å²) in [5.74, 6) is 0.450. The zero-order valence-corrected chi connectivity index (χ0v) is 10.6. The second-order valence-corrected chi connectivity index (χ2v) is 4.15. The Balaban J connectivity index is 2.60. The Labute approximate surface area is 106 Å². The number of carbonyl (C=O) groups excluding carboxylic acids is 1. The number of rotatable bonds is 4. The highest BCUT2D eigenvalue weighted by molar-refractivity contribution is 5.95. The van der Waals surface area contributed by atoms with Gasteiger partial charge in [0.15, 0.2) is 5.69 Å². The number of carbonyl (C=O) groups is 1. The lowest BCUT2D eigenvalue weighted by Gasteiger charge is -2.04. The van der Waals surface area contributed by atoms with E-state index in [0.717, 1.165) is 29.9 Å². The summed E-state index contributed by atoms with van der Waals surface area (Å²) in [7, 11) is 1.36. The molecule has 2 rings (SSSR count). The lowest BCUT2D eigenvalue weighted by Crippen LogP contribution is -2.04. The molecule has 0 amide bonds. The molecule has 0 fully saturated rings. The van der Waals surface area contributed by atoms with Crippen molar-refractivity contribution in [2.75, 3.05) is 13.7 Å². The van der Waals surface area contributed by atoms with Gasteiger partial charge >= 0.3 is 5.97 Å². The Hall–Kier alpha value is -1.88. The smallest absolute Gasteiger partial charge is 0.358 e. The Bertz CT molecular complexity index is 575. The van der Waals surface area contributed by atoms with Crippen LogP contribution in [0, 0.1) is 6.92 Å². The highest BCUT2D eigenvalue weighted by Gasteiger charge is 2.18. The van der Waals surface area contributed by atoms with Crippen molar-refractivity contribution in [1.29, 1.82) is 0 Å². The third kappa shape index (κ3) is 2.09. The number of fused-ring (bicyclic) bond motifs is 1. The minimum absolute atomic E-state index is 0.369. The first kappa shape index (κ1) is 12.6. The first-order chi connectivity index (χ1) is 8.69. The zero-order chi connectivity index (χ0) is 13.1. The molecule has 0 radical (unpaired) electrons. The van der Waals surface area contributed by atoms with Gasteiger partial charge in [-0.1, -0.05) is 6.07 Å². The first-order valence-electron chi connectivity index (χ1n) is 5.94. The van der Waals surface area contributed by atoms with Crippen molar-refractivity contribution in [3.63, 3.8) is 0 Å².